The average molecular weight is 422 g/mol. The maximum Gasteiger partial charge on any atom is 0.337 e. The van der Waals surface area contributed by atoms with Crippen LogP contribution < -0.4 is 4.74 Å². The number of hydrogen-bond acceptors (Lipinski definition) is 5. The summed E-state index contributed by atoms with van der Waals surface area (Å²) < 4.78 is 31.7. The number of esters is 1. The van der Waals surface area contributed by atoms with Crippen LogP contribution in [-0.2, 0) is 22.6 Å². The van der Waals surface area contributed by atoms with E-state index >= 15 is 0 Å². The lowest BCUT2D eigenvalue weighted by Crippen LogP contribution is -2.17. The highest BCUT2D eigenvalue weighted by atomic mass is 19.1. The number of aromatic nitrogens is 2. The smallest absolute Gasteiger partial charge is 0.337 e. The minimum Gasteiger partial charge on any atom is -0.486 e. The lowest BCUT2D eigenvalue weighted by molar-refractivity contribution is 0.0600. The molecule has 160 valence electrons. The lowest BCUT2D eigenvalue weighted by Gasteiger charge is -2.16. The molecule has 0 fully saturated rings. The Morgan fingerprint density at radius 1 is 1.19 bits per heavy atom. The molecule has 3 aromatic rings. The predicted octanol–water partition coefficient (Wildman–Crippen LogP) is 4.60. The Balaban J connectivity index is 1.43. The number of para-hydroxylation sites is 2. The van der Waals surface area contributed by atoms with Crippen molar-refractivity contribution in [3.63, 3.8) is 0 Å². The zero-order valence-electron chi connectivity index (χ0n) is 17.2. The molecule has 0 bridgehead atoms. The lowest BCUT2D eigenvalue weighted by atomic mass is 10.1. The van der Waals surface area contributed by atoms with Gasteiger partial charge in [-0.05, 0) is 55.0 Å². The van der Waals surface area contributed by atoms with Crippen LogP contribution in [0.5, 0.6) is 5.75 Å². The van der Waals surface area contributed by atoms with E-state index in [-0.39, 0.29) is 24.5 Å². The largest absolute Gasteiger partial charge is 0.486 e. The van der Waals surface area contributed by atoms with E-state index in [0.717, 1.165) is 16.9 Å². The molecular weight excluding hydrogens is 399 g/mol. The maximum atomic E-state index is 13.1. The molecular formula is C24H23FN2O4. The van der Waals surface area contributed by atoms with Gasteiger partial charge in [0, 0.05) is 6.54 Å². The molecule has 0 saturated carbocycles. The molecule has 0 saturated heterocycles. The van der Waals surface area contributed by atoms with Crippen molar-refractivity contribution in [1.82, 2.24) is 9.55 Å². The van der Waals surface area contributed by atoms with Gasteiger partial charge in [0.2, 0.25) is 0 Å². The third-order valence-corrected chi connectivity index (χ3v) is 5.04. The summed E-state index contributed by atoms with van der Waals surface area (Å²) in [7, 11) is 1.35. The summed E-state index contributed by atoms with van der Waals surface area (Å²) in [6.45, 7) is 1.33. The van der Waals surface area contributed by atoms with Crippen LogP contribution in [0.25, 0.3) is 11.0 Å². The van der Waals surface area contributed by atoms with E-state index in [9.17, 15) is 9.18 Å². The number of hydrogen-bond donors (Lipinski definition) is 0. The highest BCUT2D eigenvalue weighted by Gasteiger charge is 2.13. The number of methoxy groups -OCH3 is 1. The number of carbonyl (C=O) groups excluding carboxylic acids is 1. The molecule has 1 atom stereocenters. The fourth-order valence-electron chi connectivity index (χ4n) is 3.43. The molecule has 0 spiro atoms. The van der Waals surface area contributed by atoms with Crippen LogP contribution in [0.2, 0.25) is 0 Å². The van der Waals surface area contributed by atoms with Gasteiger partial charge in [-0.3, -0.25) is 0 Å². The molecule has 0 aliphatic heterocycles. The average Bonchev–Trinajstić information content (AvgIpc) is 3.16. The van der Waals surface area contributed by atoms with Crippen LogP contribution in [0, 0.1) is 0 Å². The topological polar surface area (TPSA) is 62.6 Å². The predicted molar refractivity (Wildman–Crippen MR) is 115 cm³/mol. The standard InChI is InChI=1S/C24H23FN2O4/c1-29-24(28)17-6-10-20(11-7-17)31-16-23-26-21-4-2-3-5-22(21)27(23)14-15-30-19-12-8-18(25)9-13-19/h2-12,19H,13-16H2,1H3. The summed E-state index contributed by atoms with van der Waals surface area (Å²) in [4.78, 5) is 16.3. The zero-order chi connectivity index (χ0) is 21.6. The molecule has 0 radical (unpaired) electrons. The van der Waals surface area contributed by atoms with Gasteiger partial charge in [-0.2, -0.15) is 0 Å². The highest BCUT2D eigenvalue weighted by molar-refractivity contribution is 5.89. The summed E-state index contributed by atoms with van der Waals surface area (Å²) in [6.07, 6.45) is 5.11. The minimum atomic E-state index is -0.389. The van der Waals surface area contributed by atoms with E-state index in [1.807, 2.05) is 24.3 Å². The van der Waals surface area contributed by atoms with Crippen LogP contribution >= 0.6 is 0 Å². The number of carbonyl (C=O) groups is 1. The number of rotatable bonds is 8. The van der Waals surface area contributed by atoms with Crippen LogP contribution in [-0.4, -0.2) is 35.3 Å². The summed E-state index contributed by atoms with van der Waals surface area (Å²) in [5, 5.41) is 0. The van der Waals surface area contributed by atoms with Gasteiger partial charge in [0.1, 0.15) is 24.0 Å². The van der Waals surface area contributed by atoms with E-state index in [1.54, 1.807) is 30.3 Å². The van der Waals surface area contributed by atoms with Crippen molar-refractivity contribution < 1.29 is 23.4 Å². The number of allylic oxidation sites excluding steroid dienone is 2. The first kappa shape index (κ1) is 20.8. The van der Waals surface area contributed by atoms with Crippen LogP contribution in [0.4, 0.5) is 4.39 Å². The Hall–Kier alpha value is -3.45. The monoisotopic (exact) mass is 422 g/mol. The molecule has 0 amide bonds. The van der Waals surface area contributed by atoms with Gasteiger partial charge in [-0.1, -0.05) is 18.2 Å². The first-order valence-corrected chi connectivity index (χ1v) is 10.0. The van der Waals surface area contributed by atoms with Gasteiger partial charge in [-0.15, -0.1) is 0 Å². The molecule has 31 heavy (non-hydrogen) atoms. The third-order valence-electron chi connectivity index (χ3n) is 5.04. The number of nitrogens with zero attached hydrogens (tertiary/aromatic N) is 2. The number of halogens is 1. The number of benzene rings is 2. The van der Waals surface area contributed by atoms with Crippen LogP contribution in [0.1, 0.15) is 22.6 Å². The Bertz CT molecular complexity index is 1120. The fourth-order valence-corrected chi connectivity index (χ4v) is 3.43. The Kier molecular flexibility index (Phi) is 6.43. The molecule has 1 aliphatic rings. The Morgan fingerprint density at radius 3 is 2.74 bits per heavy atom. The Labute approximate surface area is 179 Å². The molecule has 1 unspecified atom stereocenters. The summed E-state index contributed by atoms with van der Waals surface area (Å²) >= 11 is 0. The van der Waals surface area contributed by atoms with Crippen molar-refractivity contribution in [3.05, 3.63) is 84.0 Å². The van der Waals surface area contributed by atoms with E-state index in [0.29, 0.717) is 30.9 Å². The van der Waals surface area contributed by atoms with Crippen molar-refractivity contribution in [3.8, 4) is 5.75 Å². The number of imidazole rings is 1. The van der Waals surface area contributed by atoms with Gasteiger partial charge >= 0.3 is 5.97 Å². The molecule has 1 heterocycles. The van der Waals surface area contributed by atoms with Crippen LogP contribution in [0.3, 0.4) is 0 Å². The first-order valence-electron chi connectivity index (χ1n) is 10.0. The van der Waals surface area contributed by atoms with E-state index in [2.05, 4.69) is 4.57 Å². The zero-order valence-corrected chi connectivity index (χ0v) is 17.2. The van der Waals surface area contributed by atoms with Crippen LogP contribution in [0.15, 0.2) is 72.6 Å². The van der Waals surface area contributed by atoms with E-state index < -0.39 is 0 Å². The van der Waals surface area contributed by atoms with Crippen molar-refractivity contribution >= 4 is 17.0 Å². The van der Waals surface area contributed by atoms with Gasteiger partial charge in [-0.25, -0.2) is 14.2 Å². The molecule has 2 aromatic carbocycles. The SMILES string of the molecule is COC(=O)c1ccc(OCc2nc3ccccc3n2CCOC2C=CC(F)=CC2)cc1. The minimum absolute atomic E-state index is 0.123. The second kappa shape index (κ2) is 9.57. The summed E-state index contributed by atoms with van der Waals surface area (Å²) in [5.74, 6) is 0.787. The molecule has 0 N–H and O–H groups in total. The Morgan fingerprint density at radius 2 is 2.00 bits per heavy atom. The second-order valence-electron chi connectivity index (χ2n) is 7.07. The van der Waals surface area contributed by atoms with Gasteiger partial charge in [0.05, 0.1) is 36.4 Å². The number of fused-ring (bicyclic) bond motifs is 1. The molecule has 6 nitrogen and oxygen atoms in total. The second-order valence-corrected chi connectivity index (χ2v) is 7.07. The van der Waals surface area contributed by atoms with Crippen molar-refractivity contribution in [2.45, 2.75) is 25.7 Å². The molecule has 7 heteroatoms. The summed E-state index contributed by atoms with van der Waals surface area (Å²) in [6, 6.07) is 14.7. The van der Waals surface area contributed by atoms with Crippen molar-refractivity contribution in [1.29, 1.82) is 0 Å². The van der Waals surface area contributed by atoms with Gasteiger partial charge < -0.3 is 18.8 Å². The highest BCUT2D eigenvalue weighted by Crippen LogP contribution is 2.20. The normalized spacial score (nSPS) is 15.7. The molecule has 1 aromatic heterocycles. The fraction of sp³-hybridized carbons (Fsp3) is 0.250. The third kappa shape index (κ3) is 5.00. The first-order chi connectivity index (χ1) is 15.1. The molecule has 4 rings (SSSR count). The van der Waals surface area contributed by atoms with Crippen molar-refractivity contribution in [2.75, 3.05) is 13.7 Å². The summed E-state index contributed by atoms with van der Waals surface area (Å²) in [5.41, 5.74) is 2.34. The quantitative estimate of drug-likeness (QED) is 0.497. The van der Waals surface area contributed by atoms with E-state index in [1.165, 1.54) is 19.3 Å². The van der Waals surface area contributed by atoms with Gasteiger partial charge in [0.15, 0.2) is 0 Å². The molecule has 1 aliphatic carbocycles. The van der Waals surface area contributed by atoms with Gasteiger partial charge in [0.25, 0.3) is 0 Å². The van der Waals surface area contributed by atoms with E-state index in [4.69, 9.17) is 19.2 Å². The van der Waals surface area contributed by atoms with Crippen molar-refractivity contribution in [2.24, 2.45) is 0 Å². The number of ether oxygens (including phenoxy) is 3. The maximum absolute atomic E-state index is 13.1.